The van der Waals surface area contributed by atoms with Crippen LogP contribution in [0.2, 0.25) is 0 Å². The first-order chi connectivity index (χ1) is 14.0. The lowest BCUT2D eigenvalue weighted by Gasteiger charge is -2.12. The number of hydrogen-bond acceptors (Lipinski definition) is 5. The fourth-order valence-electron chi connectivity index (χ4n) is 2.93. The summed E-state index contributed by atoms with van der Waals surface area (Å²) in [4.78, 5) is 19.3. The highest BCUT2D eigenvalue weighted by molar-refractivity contribution is 5.98. The molecule has 0 radical (unpaired) electrons. The van der Waals surface area contributed by atoms with Crippen LogP contribution in [0.5, 0.6) is 11.5 Å². The Hall–Kier alpha value is -3.12. The maximum atomic E-state index is 12.7. The molecule has 1 N–H and O–H groups in total. The number of ether oxygens (including phenoxy) is 2. The van der Waals surface area contributed by atoms with Gasteiger partial charge in [-0.15, -0.1) is 0 Å². The predicted octanol–water partition coefficient (Wildman–Crippen LogP) is 3.42. The number of methoxy groups -OCH3 is 1. The van der Waals surface area contributed by atoms with Crippen LogP contribution in [-0.4, -0.2) is 50.1 Å². The van der Waals surface area contributed by atoms with Gasteiger partial charge in [0, 0.05) is 24.5 Å². The van der Waals surface area contributed by atoms with Crippen molar-refractivity contribution in [3.05, 3.63) is 65.4 Å². The number of carbonyl (C=O) groups excluding carboxylic acids is 1. The molecule has 0 saturated carbocycles. The monoisotopic (exact) mass is 393 g/mol. The Morgan fingerprint density at radius 2 is 1.79 bits per heavy atom. The quantitative estimate of drug-likeness (QED) is 0.635. The predicted molar refractivity (Wildman–Crippen MR) is 115 cm³/mol. The Bertz CT molecular complexity index is 985. The number of likely N-dealkylation sites (N-methyl/N-ethyl adjacent to an activating group) is 1. The van der Waals surface area contributed by atoms with Crippen LogP contribution in [0.25, 0.3) is 10.9 Å². The topological polar surface area (TPSA) is 63.7 Å². The van der Waals surface area contributed by atoms with Gasteiger partial charge in [-0.2, -0.15) is 0 Å². The van der Waals surface area contributed by atoms with Gasteiger partial charge in [0.25, 0.3) is 5.91 Å². The van der Waals surface area contributed by atoms with Gasteiger partial charge in [0.2, 0.25) is 0 Å². The maximum absolute atomic E-state index is 12.7. The summed E-state index contributed by atoms with van der Waals surface area (Å²) < 4.78 is 10.9. The minimum absolute atomic E-state index is 0.140. The van der Waals surface area contributed by atoms with Gasteiger partial charge in [0.1, 0.15) is 18.1 Å². The van der Waals surface area contributed by atoms with Crippen molar-refractivity contribution in [2.75, 3.05) is 34.4 Å². The first kappa shape index (κ1) is 20.6. The van der Waals surface area contributed by atoms with E-state index in [-0.39, 0.29) is 5.91 Å². The van der Waals surface area contributed by atoms with Crippen LogP contribution in [0.4, 0.5) is 0 Å². The number of aromatic nitrogens is 1. The molecule has 0 aliphatic heterocycles. The molecule has 0 spiro atoms. The van der Waals surface area contributed by atoms with Gasteiger partial charge >= 0.3 is 0 Å². The van der Waals surface area contributed by atoms with E-state index in [4.69, 9.17) is 9.47 Å². The van der Waals surface area contributed by atoms with Gasteiger partial charge in [-0.3, -0.25) is 9.78 Å². The third-order valence-corrected chi connectivity index (χ3v) is 4.64. The standard InChI is InChI=1S/C23H27N3O3/c1-16-21(13-18-7-10-20(28-4)14-22(18)25-16)23(27)24-15-17-5-8-19(9-6-17)29-12-11-26(2)3/h5-10,13-14H,11-12,15H2,1-4H3,(H,24,27). The Kier molecular flexibility index (Phi) is 6.67. The fourth-order valence-corrected chi connectivity index (χ4v) is 2.93. The summed E-state index contributed by atoms with van der Waals surface area (Å²) >= 11 is 0. The van der Waals surface area contributed by atoms with E-state index >= 15 is 0 Å². The zero-order chi connectivity index (χ0) is 20.8. The van der Waals surface area contributed by atoms with E-state index in [2.05, 4.69) is 15.2 Å². The van der Waals surface area contributed by atoms with Crippen LogP contribution in [0.15, 0.2) is 48.5 Å². The van der Waals surface area contributed by atoms with Gasteiger partial charge in [-0.25, -0.2) is 0 Å². The van der Waals surface area contributed by atoms with Crippen molar-refractivity contribution >= 4 is 16.8 Å². The SMILES string of the molecule is COc1ccc2cc(C(=O)NCc3ccc(OCCN(C)C)cc3)c(C)nc2c1. The number of nitrogens with one attached hydrogen (secondary N) is 1. The molecule has 0 saturated heterocycles. The number of carbonyl (C=O) groups is 1. The summed E-state index contributed by atoms with van der Waals surface area (Å²) in [6, 6.07) is 15.3. The normalized spacial score (nSPS) is 10.9. The van der Waals surface area contributed by atoms with E-state index in [1.54, 1.807) is 7.11 Å². The summed E-state index contributed by atoms with van der Waals surface area (Å²) in [6.45, 7) is 3.79. The molecule has 1 aromatic heterocycles. The van der Waals surface area contributed by atoms with Gasteiger partial charge in [-0.05, 0) is 56.9 Å². The van der Waals surface area contributed by atoms with Crippen molar-refractivity contribution in [2.45, 2.75) is 13.5 Å². The number of amides is 1. The summed E-state index contributed by atoms with van der Waals surface area (Å²) in [6.07, 6.45) is 0. The number of aryl methyl sites for hydroxylation is 1. The Labute approximate surface area is 171 Å². The number of benzene rings is 2. The summed E-state index contributed by atoms with van der Waals surface area (Å²) in [5.74, 6) is 1.43. The number of nitrogens with zero attached hydrogens (tertiary/aromatic N) is 2. The molecule has 2 aromatic carbocycles. The third-order valence-electron chi connectivity index (χ3n) is 4.64. The smallest absolute Gasteiger partial charge is 0.253 e. The molecule has 1 heterocycles. The van der Waals surface area contributed by atoms with Crippen molar-refractivity contribution in [1.29, 1.82) is 0 Å². The largest absolute Gasteiger partial charge is 0.497 e. The molecular formula is C23H27N3O3. The van der Waals surface area contributed by atoms with Gasteiger partial charge in [0.05, 0.1) is 23.9 Å². The number of rotatable bonds is 8. The number of fused-ring (bicyclic) bond motifs is 1. The molecule has 29 heavy (non-hydrogen) atoms. The van der Waals surface area contributed by atoms with Crippen LogP contribution < -0.4 is 14.8 Å². The van der Waals surface area contributed by atoms with Crippen LogP contribution in [0.3, 0.4) is 0 Å². The highest BCUT2D eigenvalue weighted by Crippen LogP contribution is 2.22. The van der Waals surface area contributed by atoms with Crippen LogP contribution in [0, 0.1) is 6.92 Å². The average molecular weight is 393 g/mol. The van der Waals surface area contributed by atoms with Crippen LogP contribution in [-0.2, 0) is 6.54 Å². The van der Waals surface area contributed by atoms with E-state index in [0.717, 1.165) is 34.5 Å². The molecule has 0 unspecified atom stereocenters. The van der Waals surface area contributed by atoms with E-state index in [9.17, 15) is 4.79 Å². The summed E-state index contributed by atoms with van der Waals surface area (Å²) in [7, 11) is 5.65. The molecule has 6 nitrogen and oxygen atoms in total. The van der Waals surface area contributed by atoms with Crippen molar-refractivity contribution in [3.8, 4) is 11.5 Å². The lowest BCUT2D eigenvalue weighted by Crippen LogP contribution is -2.24. The molecule has 0 bridgehead atoms. The highest BCUT2D eigenvalue weighted by Gasteiger charge is 2.12. The Morgan fingerprint density at radius 1 is 1.07 bits per heavy atom. The zero-order valence-corrected chi connectivity index (χ0v) is 17.4. The van der Waals surface area contributed by atoms with E-state index in [0.29, 0.717) is 24.4 Å². The second kappa shape index (κ2) is 9.39. The minimum Gasteiger partial charge on any atom is -0.497 e. The first-order valence-electron chi connectivity index (χ1n) is 9.56. The lowest BCUT2D eigenvalue weighted by atomic mass is 10.1. The molecule has 3 aromatic rings. The molecule has 6 heteroatoms. The van der Waals surface area contributed by atoms with Gasteiger partial charge in [-0.1, -0.05) is 12.1 Å². The second-order valence-corrected chi connectivity index (χ2v) is 7.16. The lowest BCUT2D eigenvalue weighted by molar-refractivity contribution is 0.0950. The van der Waals surface area contributed by atoms with Gasteiger partial charge < -0.3 is 19.7 Å². The second-order valence-electron chi connectivity index (χ2n) is 7.16. The van der Waals surface area contributed by atoms with Crippen molar-refractivity contribution < 1.29 is 14.3 Å². The van der Waals surface area contributed by atoms with Gasteiger partial charge in [0.15, 0.2) is 0 Å². The molecular weight excluding hydrogens is 366 g/mol. The Balaban J connectivity index is 1.62. The molecule has 152 valence electrons. The van der Waals surface area contributed by atoms with Crippen LogP contribution in [0.1, 0.15) is 21.6 Å². The average Bonchev–Trinajstić information content (AvgIpc) is 2.71. The van der Waals surface area contributed by atoms with Crippen molar-refractivity contribution in [3.63, 3.8) is 0 Å². The first-order valence-corrected chi connectivity index (χ1v) is 9.56. The highest BCUT2D eigenvalue weighted by atomic mass is 16.5. The van der Waals surface area contributed by atoms with E-state index < -0.39 is 0 Å². The fraction of sp³-hybridized carbons (Fsp3) is 0.304. The van der Waals surface area contributed by atoms with Crippen LogP contribution >= 0.6 is 0 Å². The van der Waals surface area contributed by atoms with E-state index in [1.807, 2.05) is 69.6 Å². The maximum Gasteiger partial charge on any atom is 0.253 e. The molecule has 3 rings (SSSR count). The minimum atomic E-state index is -0.140. The molecule has 1 amide bonds. The number of pyridine rings is 1. The molecule has 0 atom stereocenters. The molecule has 0 aliphatic rings. The summed E-state index contributed by atoms with van der Waals surface area (Å²) in [5.41, 5.74) is 3.08. The summed E-state index contributed by atoms with van der Waals surface area (Å²) in [5, 5.41) is 3.87. The zero-order valence-electron chi connectivity index (χ0n) is 17.4. The Morgan fingerprint density at radius 3 is 2.48 bits per heavy atom. The molecule has 0 aliphatic carbocycles. The van der Waals surface area contributed by atoms with E-state index in [1.165, 1.54) is 0 Å². The van der Waals surface area contributed by atoms with Crippen molar-refractivity contribution in [2.24, 2.45) is 0 Å². The molecule has 0 fully saturated rings. The third kappa shape index (κ3) is 5.45. The van der Waals surface area contributed by atoms with Crippen molar-refractivity contribution in [1.82, 2.24) is 15.2 Å². The number of hydrogen-bond donors (Lipinski definition) is 1.